The van der Waals surface area contributed by atoms with Crippen molar-refractivity contribution in [2.24, 2.45) is 21.5 Å². The SMILES string of the molecule is CNCC(=O)NC(C=Nc1ccc(CN2CCc3ncc(NC(=O)c4ccc5c(c4)N=C(N)CC(C)=C5)cc3C2)cc1)CCCNC(N)=O. The molecule has 2 aromatic carbocycles. The summed E-state index contributed by atoms with van der Waals surface area (Å²) >= 11 is 0. The Morgan fingerprint density at radius 2 is 1.94 bits per heavy atom. The molecule has 0 fully saturated rings. The van der Waals surface area contributed by atoms with E-state index in [0.717, 1.165) is 53.2 Å². The third kappa shape index (κ3) is 10.3. The van der Waals surface area contributed by atoms with Crippen LogP contribution >= 0.6 is 0 Å². The maximum absolute atomic E-state index is 13.2. The van der Waals surface area contributed by atoms with E-state index in [4.69, 9.17) is 11.5 Å². The first kappa shape index (κ1) is 34.9. The number of amides is 4. The quantitative estimate of drug-likeness (QED) is 0.119. The van der Waals surface area contributed by atoms with Crippen LogP contribution < -0.4 is 32.7 Å². The second-order valence-electron chi connectivity index (χ2n) is 12.4. The van der Waals surface area contributed by atoms with Crippen LogP contribution in [-0.2, 0) is 24.3 Å². The highest BCUT2D eigenvalue weighted by Gasteiger charge is 2.19. The van der Waals surface area contributed by atoms with Gasteiger partial charge in [-0.15, -0.1) is 0 Å². The van der Waals surface area contributed by atoms with Crippen LogP contribution in [0, 0.1) is 0 Å². The van der Waals surface area contributed by atoms with Gasteiger partial charge in [-0.2, -0.15) is 0 Å². The lowest BCUT2D eigenvalue weighted by atomic mass is 10.0. The molecule has 0 aliphatic carbocycles. The minimum Gasteiger partial charge on any atom is -0.387 e. The van der Waals surface area contributed by atoms with Crippen LogP contribution in [-0.4, -0.2) is 72.5 Å². The number of rotatable bonds is 13. The van der Waals surface area contributed by atoms with E-state index in [-0.39, 0.29) is 24.4 Å². The zero-order valence-corrected chi connectivity index (χ0v) is 28.0. The molecule has 0 saturated heterocycles. The number of nitrogens with two attached hydrogens (primary N) is 2. The molecular weight excluding hydrogens is 620 g/mol. The Balaban J connectivity index is 1.17. The fraction of sp³-hybridized carbons (Fsp3) is 0.333. The van der Waals surface area contributed by atoms with Gasteiger partial charge in [-0.3, -0.25) is 24.5 Å². The number of urea groups is 1. The minimum absolute atomic E-state index is 0.135. The summed E-state index contributed by atoms with van der Waals surface area (Å²) in [4.78, 5) is 52.4. The molecule has 256 valence electrons. The number of anilines is 1. The Morgan fingerprint density at radius 1 is 1.12 bits per heavy atom. The maximum Gasteiger partial charge on any atom is 0.312 e. The van der Waals surface area contributed by atoms with Gasteiger partial charge in [0, 0.05) is 62.1 Å². The van der Waals surface area contributed by atoms with E-state index < -0.39 is 6.03 Å². The molecule has 1 atom stereocenters. The zero-order valence-electron chi connectivity index (χ0n) is 28.0. The van der Waals surface area contributed by atoms with E-state index in [0.29, 0.717) is 55.1 Å². The predicted octanol–water partition coefficient (Wildman–Crippen LogP) is 3.54. The number of hydrogen-bond acceptors (Lipinski definition) is 9. The van der Waals surface area contributed by atoms with Crippen LogP contribution in [0.4, 0.5) is 21.9 Å². The number of fused-ring (bicyclic) bond motifs is 2. The number of likely N-dealkylation sites (N-methyl/N-ethyl adjacent to an activating group) is 1. The molecule has 1 unspecified atom stereocenters. The van der Waals surface area contributed by atoms with Gasteiger partial charge < -0.3 is 32.7 Å². The van der Waals surface area contributed by atoms with Crippen molar-refractivity contribution in [2.45, 2.75) is 51.7 Å². The van der Waals surface area contributed by atoms with Gasteiger partial charge in [0.15, 0.2) is 0 Å². The molecule has 0 radical (unpaired) electrons. The van der Waals surface area contributed by atoms with Crippen LogP contribution in [0.25, 0.3) is 6.08 Å². The standard InChI is InChI=1S/C36H44N10O3/c1-23-14-25-7-8-26(17-32(25)45-33(37)15-23)35(48)44-30-16-27-22-46(13-11-31(27)42-19-30)21-24-5-9-28(10-6-24)41-18-29(43-34(47)20-39-2)4-3-12-40-36(38)49/h5-10,14,16-19,29,39H,3-4,11-13,15,20-22H2,1-2H3,(H2,37,45)(H,43,47)(H,44,48)(H3,38,40,49). The Hall–Kier alpha value is -5.40. The Morgan fingerprint density at radius 3 is 2.71 bits per heavy atom. The second kappa shape index (κ2) is 16.6. The highest BCUT2D eigenvalue weighted by molar-refractivity contribution is 6.05. The fourth-order valence-corrected chi connectivity index (χ4v) is 5.85. The molecule has 3 heterocycles. The summed E-state index contributed by atoms with van der Waals surface area (Å²) in [5.74, 6) is 0.160. The predicted molar refractivity (Wildman–Crippen MR) is 193 cm³/mol. The molecule has 8 N–H and O–H groups in total. The lowest BCUT2D eigenvalue weighted by Gasteiger charge is -2.28. The zero-order chi connectivity index (χ0) is 34.8. The van der Waals surface area contributed by atoms with Crippen molar-refractivity contribution >= 4 is 53.0 Å². The topological polar surface area (TPSA) is 192 Å². The number of aliphatic imine (C=N–C) groups is 2. The van der Waals surface area contributed by atoms with Crippen LogP contribution in [0.1, 0.15) is 58.9 Å². The average Bonchev–Trinajstić information content (AvgIpc) is 3.21. The number of nitrogens with one attached hydrogen (secondary N) is 4. The van der Waals surface area contributed by atoms with Gasteiger partial charge in [-0.25, -0.2) is 9.79 Å². The summed E-state index contributed by atoms with van der Waals surface area (Å²) in [6, 6.07) is 14.6. The molecule has 0 saturated carbocycles. The number of nitrogens with zero attached hydrogens (tertiary/aromatic N) is 4. The van der Waals surface area contributed by atoms with Crippen LogP contribution in [0.2, 0.25) is 0 Å². The van der Waals surface area contributed by atoms with E-state index in [1.54, 1.807) is 31.6 Å². The molecular formula is C36H44N10O3. The van der Waals surface area contributed by atoms with Gasteiger partial charge in [-0.05, 0) is 68.3 Å². The molecule has 2 aliphatic rings. The average molecular weight is 665 g/mol. The first-order chi connectivity index (χ1) is 23.6. The highest BCUT2D eigenvalue weighted by Crippen LogP contribution is 2.28. The summed E-state index contributed by atoms with van der Waals surface area (Å²) in [5.41, 5.74) is 19.1. The van der Waals surface area contributed by atoms with Gasteiger partial charge >= 0.3 is 6.03 Å². The Labute approximate surface area is 286 Å². The number of benzene rings is 2. The van der Waals surface area contributed by atoms with Crippen molar-refractivity contribution in [1.29, 1.82) is 0 Å². The molecule has 13 heteroatoms. The summed E-state index contributed by atoms with van der Waals surface area (Å²) in [7, 11) is 1.71. The molecule has 0 spiro atoms. The van der Waals surface area contributed by atoms with Crippen LogP contribution in [0.3, 0.4) is 0 Å². The molecule has 2 aliphatic heterocycles. The maximum atomic E-state index is 13.2. The lowest BCUT2D eigenvalue weighted by Crippen LogP contribution is -2.41. The summed E-state index contributed by atoms with van der Waals surface area (Å²) in [6.07, 6.45) is 8.15. The van der Waals surface area contributed by atoms with E-state index in [1.807, 2.05) is 37.3 Å². The number of carbonyl (C=O) groups is 3. The fourth-order valence-electron chi connectivity index (χ4n) is 5.85. The second-order valence-corrected chi connectivity index (χ2v) is 12.4. The monoisotopic (exact) mass is 664 g/mol. The van der Waals surface area contributed by atoms with Crippen LogP contribution in [0.15, 0.2) is 70.3 Å². The minimum atomic E-state index is -0.573. The largest absolute Gasteiger partial charge is 0.387 e. The number of amidine groups is 1. The number of primary amides is 1. The van der Waals surface area contributed by atoms with Crippen molar-refractivity contribution in [3.63, 3.8) is 0 Å². The molecule has 49 heavy (non-hydrogen) atoms. The molecule has 13 nitrogen and oxygen atoms in total. The molecule has 5 rings (SSSR count). The number of carbonyl (C=O) groups excluding carboxylic acids is 3. The van der Waals surface area contributed by atoms with Gasteiger partial charge in [0.05, 0.1) is 35.8 Å². The van der Waals surface area contributed by atoms with Gasteiger partial charge in [0.1, 0.15) is 5.84 Å². The van der Waals surface area contributed by atoms with E-state index in [9.17, 15) is 14.4 Å². The van der Waals surface area contributed by atoms with E-state index in [1.165, 1.54) is 0 Å². The van der Waals surface area contributed by atoms with Crippen molar-refractivity contribution in [3.8, 4) is 0 Å². The summed E-state index contributed by atoms with van der Waals surface area (Å²) < 4.78 is 0. The summed E-state index contributed by atoms with van der Waals surface area (Å²) in [6.45, 7) is 4.97. The van der Waals surface area contributed by atoms with Crippen molar-refractivity contribution in [1.82, 2.24) is 25.8 Å². The number of aromatic nitrogens is 1. The number of pyridine rings is 1. The molecule has 3 aromatic rings. The highest BCUT2D eigenvalue weighted by atomic mass is 16.2. The lowest BCUT2D eigenvalue weighted by molar-refractivity contribution is -0.120. The van der Waals surface area contributed by atoms with Gasteiger partial charge in [0.2, 0.25) is 5.91 Å². The van der Waals surface area contributed by atoms with Crippen molar-refractivity contribution < 1.29 is 14.4 Å². The third-order valence-electron chi connectivity index (χ3n) is 8.22. The Bertz CT molecular complexity index is 1770. The third-order valence-corrected chi connectivity index (χ3v) is 8.22. The van der Waals surface area contributed by atoms with Gasteiger partial charge in [0.25, 0.3) is 5.91 Å². The Kier molecular flexibility index (Phi) is 11.8. The molecule has 0 bridgehead atoms. The summed E-state index contributed by atoms with van der Waals surface area (Å²) in [5, 5.41) is 11.4. The van der Waals surface area contributed by atoms with Crippen molar-refractivity contribution in [2.75, 3.05) is 32.0 Å². The van der Waals surface area contributed by atoms with E-state index >= 15 is 0 Å². The first-order valence-electron chi connectivity index (χ1n) is 16.4. The normalized spacial score (nSPS) is 14.9. The molecule has 4 amide bonds. The van der Waals surface area contributed by atoms with E-state index in [2.05, 4.69) is 53.3 Å². The molecule has 1 aromatic heterocycles. The first-order valence-corrected chi connectivity index (χ1v) is 16.4. The van der Waals surface area contributed by atoms with Gasteiger partial charge in [-0.1, -0.05) is 29.8 Å². The van der Waals surface area contributed by atoms with Crippen LogP contribution in [0.5, 0.6) is 0 Å². The smallest absolute Gasteiger partial charge is 0.312 e. The van der Waals surface area contributed by atoms with Crippen molar-refractivity contribution in [3.05, 3.63) is 88.2 Å². The number of hydrogen-bond donors (Lipinski definition) is 6.